The molecule has 0 bridgehead atoms. The zero-order valence-corrected chi connectivity index (χ0v) is 16.8. The van der Waals surface area contributed by atoms with E-state index in [4.69, 9.17) is 9.47 Å². The van der Waals surface area contributed by atoms with Crippen molar-refractivity contribution in [2.75, 3.05) is 45.8 Å². The van der Waals surface area contributed by atoms with Gasteiger partial charge < -0.3 is 14.4 Å². The molecule has 1 aromatic heterocycles. The van der Waals surface area contributed by atoms with Crippen LogP contribution in [0.3, 0.4) is 0 Å². The summed E-state index contributed by atoms with van der Waals surface area (Å²) in [5.74, 6) is 0.623. The first-order chi connectivity index (χ1) is 13.5. The number of amides is 1. The summed E-state index contributed by atoms with van der Waals surface area (Å²) in [6.45, 7) is 1.01. The van der Waals surface area contributed by atoms with Gasteiger partial charge in [0.05, 0.1) is 17.3 Å². The van der Waals surface area contributed by atoms with Crippen LogP contribution < -0.4 is 14.4 Å². The highest BCUT2D eigenvalue weighted by atomic mass is 32.1. The normalized spacial score (nSPS) is 11.0. The van der Waals surface area contributed by atoms with Crippen LogP contribution in [-0.2, 0) is 4.79 Å². The Morgan fingerprint density at radius 2 is 1.82 bits per heavy atom. The van der Waals surface area contributed by atoms with Crippen molar-refractivity contribution in [1.82, 2.24) is 9.88 Å². The van der Waals surface area contributed by atoms with Gasteiger partial charge in [-0.1, -0.05) is 11.3 Å². The second kappa shape index (κ2) is 8.99. The van der Waals surface area contributed by atoms with E-state index in [1.165, 1.54) is 35.6 Å². The fourth-order valence-corrected chi connectivity index (χ4v) is 3.55. The van der Waals surface area contributed by atoms with Crippen LogP contribution in [0, 0.1) is 5.82 Å². The van der Waals surface area contributed by atoms with Gasteiger partial charge in [-0.15, -0.1) is 0 Å². The number of fused-ring (bicyclic) bond motifs is 1. The number of benzene rings is 2. The first-order valence-corrected chi connectivity index (χ1v) is 9.56. The van der Waals surface area contributed by atoms with E-state index in [1.54, 1.807) is 12.0 Å². The Balaban J connectivity index is 1.79. The van der Waals surface area contributed by atoms with Gasteiger partial charge in [-0.3, -0.25) is 9.69 Å². The Morgan fingerprint density at radius 1 is 1.11 bits per heavy atom. The fourth-order valence-electron chi connectivity index (χ4n) is 2.52. The summed E-state index contributed by atoms with van der Waals surface area (Å²) < 4.78 is 24.7. The van der Waals surface area contributed by atoms with E-state index >= 15 is 0 Å². The number of thiazole rings is 1. The number of hydrogen-bond donors (Lipinski definition) is 0. The van der Waals surface area contributed by atoms with Crippen molar-refractivity contribution in [1.29, 1.82) is 0 Å². The maximum atomic E-state index is 13.0. The van der Waals surface area contributed by atoms with Gasteiger partial charge in [0.1, 0.15) is 17.3 Å². The van der Waals surface area contributed by atoms with Crippen molar-refractivity contribution in [3.05, 3.63) is 48.3 Å². The number of methoxy groups -OCH3 is 1. The van der Waals surface area contributed by atoms with Crippen molar-refractivity contribution < 1.29 is 18.7 Å². The Bertz CT molecular complexity index is 944. The minimum atomic E-state index is -0.351. The van der Waals surface area contributed by atoms with Gasteiger partial charge in [0.15, 0.2) is 11.7 Å². The summed E-state index contributed by atoms with van der Waals surface area (Å²) in [7, 11) is 5.50. The molecule has 1 heterocycles. The lowest BCUT2D eigenvalue weighted by Crippen LogP contribution is -2.39. The first kappa shape index (κ1) is 20.0. The van der Waals surface area contributed by atoms with E-state index in [-0.39, 0.29) is 18.3 Å². The molecule has 0 unspecified atom stereocenters. The van der Waals surface area contributed by atoms with Gasteiger partial charge in [-0.25, -0.2) is 9.37 Å². The van der Waals surface area contributed by atoms with Crippen LogP contribution in [0.5, 0.6) is 11.5 Å². The molecule has 0 N–H and O–H groups in total. The predicted octanol–water partition coefficient (Wildman–Crippen LogP) is 3.42. The molecular formula is C20H22FN3O3S. The molecule has 6 nitrogen and oxygen atoms in total. The molecule has 3 aromatic rings. The van der Waals surface area contributed by atoms with Crippen LogP contribution in [-0.4, -0.2) is 56.7 Å². The summed E-state index contributed by atoms with van der Waals surface area (Å²) in [5, 5.41) is 0.609. The number of ether oxygens (including phenoxy) is 2. The Kier molecular flexibility index (Phi) is 6.43. The van der Waals surface area contributed by atoms with Crippen molar-refractivity contribution in [2.24, 2.45) is 0 Å². The zero-order chi connectivity index (χ0) is 20.1. The molecule has 0 spiro atoms. The topological polar surface area (TPSA) is 54.9 Å². The molecule has 0 fully saturated rings. The van der Waals surface area contributed by atoms with E-state index in [2.05, 4.69) is 4.98 Å². The third-order valence-electron chi connectivity index (χ3n) is 4.06. The molecule has 0 radical (unpaired) electrons. The summed E-state index contributed by atoms with van der Waals surface area (Å²) in [5.41, 5.74) is 0.808. The van der Waals surface area contributed by atoms with E-state index in [0.717, 1.165) is 16.0 Å². The second-order valence-corrected chi connectivity index (χ2v) is 7.43. The lowest BCUT2D eigenvalue weighted by atomic mass is 10.3. The van der Waals surface area contributed by atoms with Gasteiger partial charge in [0.2, 0.25) is 0 Å². The van der Waals surface area contributed by atoms with E-state index < -0.39 is 0 Å². The van der Waals surface area contributed by atoms with Crippen molar-refractivity contribution >= 4 is 32.6 Å². The molecule has 0 aliphatic carbocycles. The second-order valence-electron chi connectivity index (χ2n) is 6.42. The number of rotatable bonds is 8. The molecule has 1 amide bonds. The summed E-state index contributed by atoms with van der Waals surface area (Å²) in [6.07, 6.45) is 0. The maximum Gasteiger partial charge on any atom is 0.266 e. The Morgan fingerprint density at radius 3 is 2.50 bits per heavy atom. The molecule has 0 saturated heterocycles. The number of anilines is 1. The predicted molar refractivity (Wildman–Crippen MR) is 109 cm³/mol. The molecule has 3 rings (SSSR count). The lowest BCUT2D eigenvalue weighted by Gasteiger charge is -2.22. The molecule has 0 aliphatic heterocycles. The highest BCUT2D eigenvalue weighted by Crippen LogP contribution is 2.31. The highest BCUT2D eigenvalue weighted by molar-refractivity contribution is 7.22. The molecular weight excluding hydrogens is 381 g/mol. The summed E-state index contributed by atoms with van der Waals surface area (Å²) >= 11 is 1.43. The fraction of sp³-hybridized carbons (Fsp3) is 0.300. The SMILES string of the molecule is COc1ccc2nc(N(CCN(C)C)C(=O)COc3ccc(F)cc3)sc2c1. The molecule has 2 aromatic carbocycles. The number of carbonyl (C=O) groups is 1. The molecule has 28 heavy (non-hydrogen) atoms. The van der Waals surface area contributed by atoms with Crippen molar-refractivity contribution in [2.45, 2.75) is 0 Å². The molecule has 148 valence electrons. The van der Waals surface area contributed by atoms with Gasteiger partial charge in [-0.2, -0.15) is 0 Å². The monoisotopic (exact) mass is 403 g/mol. The first-order valence-electron chi connectivity index (χ1n) is 8.74. The standard InChI is InChI=1S/C20H22FN3O3S/c1-23(2)10-11-24(19(25)13-27-15-6-4-14(21)5-7-15)20-22-17-9-8-16(26-3)12-18(17)28-20/h4-9,12H,10-11,13H2,1-3H3. The van der Waals surface area contributed by atoms with E-state index in [1.807, 2.05) is 37.2 Å². The highest BCUT2D eigenvalue weighted by Gasteiger charge is 2.20. The smallest absolute Gasteiger partial charge is 0.266 e. The number of nitrogens with zero attached hydrogens (tertiary/aromatic N) is 3. The zero-order valence-electron chi connectivity index (χ0n) is 16.0. The average molecular weight is 403 g/mol. The number of hydrogen-bond acceptors (Lipinski definition) is 6. The largest absolute Gasteiger partial charge is 0.497 e. The van der Waals surface area contributed by atoms with Gasteiger partial charge >= 0.3 is 0 Å². The number of halogens is 1. The number of carbonyl (C=O) groups excluding carboxylic acids is 1. The third-order valence-corrected chi connectivity index (χ3v) is 5.10. The van der Waals surface area contributed by atoms with Crippen molar-refractivity contribution in [3.63, 3.8) is 0 Å². The number of aromatic nitrogens is 1. The van der Waals surface area contributed by atoms with Crippen LogP contribution in [0.2, 0.25) is 0 Å². The maximum absolute atomic E-state index is 13.0. The molecule has 0 saturated carbocycles. The molecule has 0 aliphatic rings. The quantitative estimate of drug-likeness (QED) is 0.577. The Hall–Kier alpha value is -2.71. The average Bonchev–Trinajstić information content (AvgIpc) is 3.10. The lowest BCUT2D eigenvalue weighted by molar-refractivity contribution is -0.120. The van der Waals surface area contributed by atoms with Crippen LogP contribution in [0.4, 0.5) is 9.52 Å². The minimum Gasteiger partial charge on any atom is -0.497 e. The summed E-state index contributed by atoms with van der Waals surface area (Å²) in [6, 6.07) is 11.2. The Labute approximate surface area is 167 Å². The van der Waals surface area contributed by atoms with Gasteiger partial charge in [0.25, 0.3) is 5.91 Å². The molecule has 8 heteroatoms. The third kappa shape index (κ3) is 4.96. The van der Waals surface area contributed by atoms with Gasteiger partial charge in [0, 0.05) is 13.1 Å². The van der Waals surface area contributed by atoms with Crippen LogP contribution in [0.15, 0.2) is 42.5 Å². The van der Waals surface area contributed by atoms with Crippen LogP contribution >= 0.6 is 11.3 Å². The molecule has 0 atom stereocenters. The summed E-state index contributed by atoms with van der Waals surface area (Å²) in [4.78, 5) is 21.1. The van der Waals surface area contributed by atoms with Crippen LogP contribution in [0.1, 0.15) is 0 Å². The van der Waals surface area contributed by atoms with Crippen molar-refractivity contribution in [3.8, 4) is 11.5 Å². The van der Waals surface area contributed by atoms with E-state index in [0.29, 0.717) is 24.0 Å². The van der Waals surface area contributed by atoms with Gasteiger partial charge in [-0.05, 0) is 56.6 Å². The van der Waals surface area contributed by atoms with Crippen LogP contribution in [0.25, 0.3) is 10.2 Å². The minimum absolute atomic E-state index is 0.154. The number of likely N-dealkylation sites (N-methyl/N-ethyl adjacent to an activating group) is 1. The van der Waals surface area contributed by atoms with E-state index in [9.17, 15) is 9.18 Å².